The Bertz CT molecular complexity index is 918. The maximum Gasteiger partial charge on any atom is 0.346 e. The van der Waals surface area contributed by atoms with Crippen LogP contribution in [0.3, 0.4) is 0 Å². The zero-order valence-electron chi connectivity index (χ0n) is 17.1. The van der Waals surface area contributed by atoms with Crippen molar-refractivity contribution < 1.29 is 24.1 Å². The fourth-order valence-corrected chi connectivity index (χ4v) is 2.61. The fourth-order valence-electron chi connectivity index (χ4n) is 2.61. The molecule has 0 aromatic heterocycles. The number of hydrogen-bond acceptors (Lipinski definition) is 5. The molecule has 6 heteroatoms. The van der Waals surface area contributed by atoms with Crippen molar-refractivity contribution in [3.63, 3.8) is 0 Å². The minimum atomic E-state index is -1.30. The van der Waals surface area contributed by atoms with Crippen molar-refractivity contribution >= 4 is 12.0 Å². The van der Waals surface area contributed by atoms with Gasteiger partial charge in [-0.15, -0.1) is 0 Å². The van der Waals surface area contributed by atoms with Crippen LogP contribution in [0, 0.1) is 11.3 Å². The molecule has 152 valence electrons. The monoisotopic (exact) mass is 395 g/mol. The molecule has 2 rings (SSSR count). The van der Waals surface area contributed by atoms with Crippen LogP contribution in [0.15, 0.2) is 48.0 Å². The van der Waals surface area contributed by atoms with Crippen LogP contribution in [0.4, 0.5) is 0 Å². The van der Waals surface area contributed by atoms with Gasteiger partial charge < -0.3 is 19.3 Å². The van der Waals surface area contributed by atoms with E-state index < -0.39 is 11.5 Å². The number of carbonyl (C=O) groups is 1. The summed E-state index contributed by atoms with van der Waals surface area (Å²) in [6.45, 7) is 6.96. The normalized spacial score (nSPS) is 11.5. The van der Waals surface area contributed by atoms with Crippen LogP contribution in [-0.2, 0) is 10.2 Å². The molecule has 0 aliphatic carbocycles. The quantitative estimate of drug-likeness (QED) is 0.404. The van der Waals surface area contributed by atoms with Gasteiger partial charge >= 0.3 is 5.97 Å². The van der Waals surface area contributed by atoms with Crippen LogP contribution in [0.1, 0.15) is 31.9 Å². The fraction of sp³-hybridized carbons (Fsp3) is 0.304. The summed E-state index contributed by atoms with van der Waals surface area (Å²) >= 11 is 0. The molecule has 0 saturated carbocycles. The predicted molar refractivity (Wildman–Crippen MR) is 110 cm³/mol. The Morgan fingerprint density at radius 2 is 1.76 bits per heavy atom. The number of benzene rings is 2. The smallest absolute Gasteiger partial charge is 0.346 e. The van der Waals surface area contributed by atoms with Crippen molar-refractivity contribution in [1.29, 1.82) is 5.26 Å². The van der Waals surface area contributed by atoms with Gasteiger partial charge in [0, 0.05) is 5.56 Å². The Morgan fingerprint density at radius 1 is 1.10 bits per heavy atom. The van der Waals surface area contributed by atoms with Gasteiger partial charge in [0.15, 0.2) is 11.5 Å². The number of rotatable bonds is 8. The molecular weight excluding hydrogens is 370 g/mol. The van der Waals surface area contributed by atoms with Gasteiger partial charge in [-0.3, -0.25) is 0 Å². The van der Waals surface area contributed by atoms with E-state index >= 15 is 0 Å². The molecule has 0 saturated heterocycles. The van der Waals surface area contributed by atoms with Crippen LogP contribution in [0.5, 0.6) is 17.2 Å². The minimum Gasteiger partial charge on any atom is -0.493 e. The van der Waals surface area contributed by atoms with E-state index in [0.717, 1.165) is 5.75 Å². The summed E-state index contributed by atoms with van der Waals surface area (Å²) in [4.78, 5) is 11.1. The van der Waals surface area contributed by atoms with Gasteiger partial charge in [-0.25, -0.2) is 4.79 Å². The minimum absolute atomic E-state index is 0.0770. The molecule has 1 N–H and O–H groups in total. The lowest BCUT2D eigenvalue weighted by molar-refractivity contribution is -0.132. The molecule has 2 aromatic carbocycles. The summed E-state index contributed by atoms with van der Waals surface area (Å²) in [5.41, 5.74) is 1.35. The number of nitriles is 1. The molecule has 0 aliphatic rings. The molecular formula is C23H25NO5. The molecule has 29 heavy (non-hydrogen) atoms. The van der Waals surface area contributed by atoms with E-state index in [9.17, 15) is 4.79 Å². The van der Waals surface area contributed by atoms with Crippen molar-refractivity contribution in [1.82, 2.24) is 0 Å². The first-order valence-corrected chi connectivity index (χ1v) is 9.14. The Kier molecular flexibility index (Phi) is 7.27. The van der Waals surface area contributed by atoms with Crippen molar-refractivity contribution in [2.24, 2.45) is 0 Å². The van der Waals surface area contributed by atoms with Crippen LogP contribution in [0.2, 0.25) is 0 Å². The maximum absolute atomic E-state index is 11.1. The van der Waals surface area contributed by atoms with E-state index in [1.54, 1.807) is 24.3 Å². The Labute approximate surface area is 171 Å². The van der Waals surface area contributed by atoms with Gasteiger partial charge in [-0.1, -0.05) is 45.0 Å². The summed E-state index contributed by atoms with van der Waals surface area (Å²) in [7, 11) is 1.49. The van der Waals surface area contributed by atoms with E-state index in [2.05, 4.69) is 20.8 Å². The highest BCUT2D eigenvalue weighted by molar-refractivity contribution is 5.97. The van der Waals surface area contributed by atoms with Gasteiger partial charge in [-0.2, -0.15) is 5.26 Å². The first-order valence-electron chi connectivity index (χ1n) is 9.14. The second-order valence-corrected chi connectivity index (χ2v) is 7.32. The standard InChI is InChI=1S/C23H25NO5/c1-23(2,3)18-8-10-19(11-9-18)28-12-13-29-21-16(6-5-7-20(21)27-4)14-17(15-24)22(25)26/h5-11,14H,12-13H2,1-4H3,(H,25,26). The van der Waals surface area contributed by atoms with Gasteiger partial charge in [0.1, 0.15) is 30.6 Å². The molecule has 0 fully saturated rings. The van der Waals surface area contributed by atoms with Crippen molar-refractivity contribution in [2.45, 2.75) is 26.2 Å². The molecule has 6 nitrogen and oxygen atoms in total. The van der Waals surface area contributed by atoms with Crippen LogP contribution in [0.25, 0.3) is 6.08 Å². The Morgan fingerprint density at radius 3 is 2.31 bits per heavy atom. The van der Waals surface area contributed by atoms with E-state index in [1.807, 2.05) is 24.3 Å². The summed E-state index contributed by atoms with van der Waals surface area (Å²) in [5.74, 6) is 0.231. The van der Waals surface area contributed by atoms with Crippen molar-refractivity contribution in [3.8, 4) is 23.3 Å². The molecule has 2 aromatic rings. The molecule has 0 unspecified atom stereocenters. The summed E-state index contributed by atoms with van der Waals surface area (Å²) in [6, 6.07) is 14.6. The SMILES string of the molecule is COc1cccc(C=C(C#N)C(=O)O)c1OCCOc1ccc(C(C)(C)C)cc1. The topological polar surface area (TPSA) is 88.8 Å². The van der Waals surface area contributed by atoms with Crippen molar-refractivity contribution in [2.75, 3.05) is 20.3 Å². The average molecular weight is 395 g/mol. The predicted octanol–water partition coefficient (Wildman–Crippen LogP) is 4.44. The number of para-hydroxylation sites is 1. The Hall–Kier alpha value is -3.46. The van der Waals surface area contributed by atoms with Gasteiger partial charge in [0.05, 0.1) is 7.11 Å². The molecule has 0 aliphatic heterocycles. The lowest BCUT2D eigenvalue weighted by Gasteiger charge is -2.19. The van der Waals surface area contributed by atoms with Gasteiger partial charge in [0.25, 0.3) is 0 Å². The lowest BCUT2D eigenvalue weighted by atomic mass is 9.87. The van der Waals surface area contributed by atoms with Gasteiger partial charge in [-0.05, 0) is 35.3 Å². The highest BCUT2D eigenvalue weighted by Gasteiger charge is 2.14. The Balaban J connectivity index is 2.07. The zero-order valence-corrected chi connectivity index (χ0v) is 17.1. The third-order valence-corrected chi connectivity index (χ3v) is 4.20. The first-order chi connectivity index (χ1) is 13.8. The third-order valence-electron chi connectivity index (χ3n) is 4.20. The lowest BCUT2D eigenvalue weighted by Crippen LogP contribution is -2.12. The number of ether oxygens (including phenoxy) is 3. The summed E-state index contributed by atoms with van der Waals surface area (Å²) < 4.78 is 16.8. The van der Waals surface area contributed by atoms with Gasteiger partial charge in [0.2, 0.25) is 0 Å². The number of carboxylic acid groups (broad SMARTS) is 1. The largest absolute Gasteiger partial charge is 0.493 e. The zero-order chi connectivity index (χ0) is 21.4. The molecule has 0 atom stereocenters. The van der Waals surface area contributed by atoms with E-state index in [4.69, 9.17) is 24.6 Å². The summed E-state index contributed by atoms with van der Waals surface area (Å²) in [5, 5.41) is 18.1. The number of hydrogen-bond donors (Lipinski definition) is 1. The van der Waals surface area contributed by atoms with Crippen LogP contribution < -0.4 is 14.2 Å². The second kappa shape index (κ2) is 9.65. The van der Waals surface area contributed by atoms with Crippen LogP contribution in [-0.4, -0.2) is 31.4 Å². The average Bonchev–Trinajstić information content (AvgIpc) is 2.69. The number of methoxy groups -OCH3 is 1. The maximum atomic E-state index is 11.1. The number of aliphatic carboxylic acids is 1. The number of carboxylic acids is 1. The highest BCUT2D eigenvalue weighted by atomic mass is 16.5. The van der Waals surface area contributed by atoms with E-state index in [1.165, 1.54) is 18.7 Å². The highest BCUT2D eigenvalue weighted by Crippen LogP contribution is 2.32. The number of nitrogens with zero attached hydrogens (tertiary/aromatic N) is 1. The molecule has 0 bridgehead atoms. The molecule has 0 spiro atoms. The summed E-state index contributed by atoms with van der Waals surface area (Å²) in [6.07, 6.45) is 1.26. The van der Waals surface area contributed by atoms with E-state index in [0.29, 0.717) is 23.7 Å². The van der Waals surface area contributed by atoms with Crippen LogP contribution >= 0.6 is 0 Å². The second-order valence-electron chi connectivity index (χ2n) is 7.32. The first kappa shape index (κ1) is 21.8. The van der Waals surface area contributed by atoms with Crippen molar-refractivity contribution in [3.05, 3.63) is 59.2 Å². The molecule has 0 heterocycles. The van der Waals surface area contributed by atoms with E-state index in [-0.39, 0.29) is 12.0 Å². The molecule has 0 radical (unpaired) electrons. The third kappa shape index (κ3) is 6.01. The molecule has 0 amide bonds.